The zero-order valence-electron chi connectivity index (χ0n) is 7.32. The van der Waals surface area contributed by atoms with Crippen LogP contribution in [-0.2, 0) is 10.8 Å². The molecule has 5 heteroatoms. The average Bonchev–Trinajstić information content (AvgIpc) is 2.06. The van der Waals surface area contributed by atoms with Gasteiger partial charge in [-0.05, 0) is 6.92 Å². The largest absolute Gasteiger partial charge is 0.370 e. The van der Waals surface area contributed by atoms with Crippen molar-refractivity contribution in [3.63, 3.8) is 0 Å². The number of hydrogen-bond acceptors (Lipinski definition) is 2. The van der Waals surface area contributed by atoms with Gasteiger partial charge in [-0.2, -0.15) is 0 Å². The van der Waals surface area contributed by atoms with Gasteiger partial charge in [0.15, 0.2) is 5.96 Å². The Hall–Kier alpha value is -0.580. The third-order valence-corrected chi connectivity index (χ3v) is 3.10. The SMILES string of the molecule is CCN=C(N)N1CCS(=O)CC1. The van der Waals surface area contributed by atoms with Gasteiger partial charge in [0.05, 0.1) is 0 Å². The van der Waals surface area contributed by atoms with Crippen molar-refractivity contribution >= 4 is 16.8 Å². The Morgan fingerprint density at radius 3 is 2.67 bits per heavy atom. The van der Waals surface area contributed by atoms with Gasteiger partial charge in [-0.25, -0.2) is 0 Å². The molecule has 0 radical (unpaired) electrons. The van der Waals surface area contributed by atoms with Crippen LogP contribution < -0.4 is 5.73 Å². The van der Waals surface area contributed by atoms with Gasteiger partial charge in [0.2, 0.25) is 0 Å². The molecule has 1 aliphatic heterocycles. The fourth-order valence-electron chi connectivity index (χ4n) is 1.13. The van der Waals surface area contributed by atoms with E-state index < -0.39 is 10.8 Å². The molecule has 0 atom stereocenters. The Kier molecular flexibility index (Phi) is 3.52. The molecule has 1 saturated heterocycles. The van der Waals surface area contributed by atoms with Crippen molar-refractivity contribution < 1.29 is 4.21 Å². The first-order valence-electron chi connectivity index (χ1n) is 4.14. The summed E-state index contributed by atoms with van der Waals surface area (Å²) >= 11 is 0. The third-order valence-electron chi connectivity index (χ3n) is 1.82. The van der Waals surface area contributed by atoms with Gasteiger partial charge in [0.25, 0.3) is 0 Å². The molecule has 1 fully saturated rings. The van der Waals surface area contributed by atoms with Crippen LogP contribution >= 0.6 is 0 Å². The van der Waals surface area contributed by atoms with E-state index in [2.05, 4.69) is 4.99 Å². The predicted octanol–water partition coefficient (Wildman–Crippen LogP) is -0.615. The van der Waals surface area contributed by atoms with Crippen LogP contribution in [0.25, 0.3) is 0 Å². The number of rotatable bonds is 1. The minimum absolute atomic E-state index is 0.592. The maximum absolute atomic E-state index is 11.0. The molecule has 0 aromatic heterocycles. The van der Waals surface area contributed by atoms with Gasteiger partial charge in [-0.15, -0.1) is 0 Å². The first kappa shape index (κ1) is 9.51. The number of guanidine groups is 1. The molecule has 0 spiro atoms. The third kappa shape index (κ3) is 2.48. The van der Waals surface area contributed by atoms with Crippen molar-refractivity contribution in [1.29, 1.82) is 0 Å². The molecule has 2 N–H and O–H groups in total. The topological polar surface area (TPSA) is 58.7 Å². The van der Waals surface area contributed by atoms with Gasteiger partial charge < -0.3 is 10.6 Å². The zero-order chi connectivity index (χ0) is 8.97. The molecular formula is C7H15N3OS. The quantitative estimate of drug-likeness (QED) is 0.442. The standard InChI is InChI=1S/C7H15N3OS/c1-2-9-7(8)10-3-5-12(11)6-4-10/h2-6H2,1H3,(H2,8,9). The van der Waals surface area contributed by atoms with E-state index in [4.69, 9.17) is 5.73 Å². The van der Waals surface area contributed by atoms with Gasteiger partial charge in [-0.3, -0.25) is 9.20 Å². The van der Waals surface area contributed by atoms with Crippen molar-refractivity contribution in [2.24, 2.45) is 10.7 Å². The van der Waals surface area contributed by atoms with Gasteiger partial charge >= 0.3 is 0 Å². The monoisotopic (exact) mass is 189 g/mol. The highest BCUT2D eigenvalue weighted by Gasteiger charge is 2.15. The van der Waals surface area contributed by atoms with Crippen LogP contribution in [-0.4, -0.2) is 46.2 Å². The lowest BCUT2D eigenvalue weighted by Crippen LogP contribution is -2.45. The fraction of sp³-hybridized carbons (Fsp3) is 0.857. The van der Waals surface area contributed by atoms with E-state index in [1.54, 1.807) is 0 Å². The Balaban J connectivity index is 2.44. The lowest BCUT2D eigenvalue weighted by Gasteiger charge is -2.26. The summed E-state index contributed by atoms with van der Waals surface area (Å²) in [6.07, 6.45) is 0. The van der Waals surface area contributed by atoms with E-state index in [1.165, 1.54) is 0 Å². The molecule has 12 heavy (non-hydrogen) atoms. The molecule has 4 nitrogen and oxygen atoms in total. The lowest BCUT2D eigenvalue weighted by atomic mass is 10.5. The van der Waals surface area contributed by atoms with Crippen molar-refractivity contribution in [1.82, 2.24) is 4.90 Å². The summed E-state index contributed by atoms with van der Waals surface area (Å²) in [4.78, 5) is 6.09. The summed E-state index contributed by atoms with van der Waals surface area (Å²) in [5.41, 5.74) is 5.68. The average molecular weight is 189 g/mol. The lowest BCUT2D eigenvalue weighted by molar-refractivity contribution is 0.449. The van der Waals surface area contributed by atoms with Gasteiger partial charge in [0, 0.05) is 41.9 Å². The van der Waals surface area contributed by atoms with E-state index in [0.717, 1.165) is 24.6 Å². The summed E-state index contributed by atoms with van der Waals surface area (Å²) in [7, 11) is -0.634. The molecule has 0 aromatic rings. The second-order valence-electron chi connectivity index (χ2n) is 2.67. The van der Waals surface area contributed by atoms with Crippen LogP contribution in [0, 0.1) is 0 Å². The molecular weight excluding hydrogens is 174 g/mol. The van der Waals surface area contributed by atoms with Gasteiger partial charge in [-0.1, -0.05) is 0 Å². The molecule has 0 aliphatic carbocycles. The summed E-state index contributed by atoms with van der Waals surface area (Å²) in [6, 6.07) is 0. The molecule has 0 saturated carbocycles. The molecule has 0 unspecified atom stereocenters. The summed E-state index contributed by atoms with van der Waals surface area (Å²) in [5, 5.41) is 0. The van der Waals surface area contributed by atoms with Crippen LogP contribution in [0.1, 0.15) is 6.92 Å². The van der Waals surface area contributed by atoms with Crippen LogP contribution in [0.15, 0.2) is 4.99 Å². The normalized spacial score (nSPS) is 21.4. The van der Waals surface area contributed by atoms with Crippen LogP contribution in [0.5, 0.6) is 0 Å². The molecule has 70 valence electrons. The van der Waals surface area contributed by atoms with Crippen LogP contribution in [0.2, 0.25) is 0 Å². The molecule has 1 heterocycles. The maximum atomic E-state index is 11.0. The molecule has 0 amide bonds. The van der Waals surface area contributed by atoms with E-state index in [0.29, 0.717) is 12.5 Å². The van der Waals surface area contributed by atoms with Crippen molar-refractivity contribution in [3.05, 3.63) is 0 Å². The van der Waals surface area contributed by atoms with Crippen LogP contribution in [0.3, 0.4) is 0 Å². The molecule has 0 aromatic carbocycles. The van der Waals surface area contributed by atoms with Crippen molar-refractivity contribution in [2.45, 2.75) is 6.92 Å². The van der Waals surface area contributed by atoms with Crippen LogP contribution in [0.4, 0.5) is 0 Å². The minimum atomic E-state index is -0.634. The Morgan fingerprint density at radius 1 is 1.58 bits per heavy atom. The number of aliphatic imine (C=N–C) groups is 1. The highest BCUT2D eigenvalue weighted by Crippen LogP contribution is 1.98. The highest BCUT2D eigenvalue weighted by atomic mass is 32.2. The number of hydrogen-bond donors (Lipinski definition) is 1. The summed E-state index contributed by atoms with van der Waals surface area (Å²) in [5.74, 6) is 2.04. The first-order valence-corrected chi connectivity index (χ1v) is 5.62. The summed E-state index contributed by atoms with van der Waals surface area (Å²) in [6.45, 7) is 4.23. The molecule has 0 bridgehead atoms. The van der Waals surface area contributed by atoms with E-state index >= 15 is 0 Å². The molecule has 1 rings (SSSR count). The molecule has 1 aliphatic rings. The zero-order valence-corrected chi connectivity index (χ0v) is 8.14. The van der Waals surface area contributed by atoms with E-state index in [9.17, 15) is 4.21 Å². The second-order valence-corrected chi connectivity index (χ2v) is 4.36. The second kappa shape index (κ2) is 4.45. The Labute approximate surface area is 75.3 Å². The summed E-state index contributed by atoms with van der Waals surface area (Å²) < 4.78 is 11.0. The maximum Gasteiger partial charge on any atom is 0.191 e. The number of nitrogens with two attached hydrogens (primary N) is 1. The minimum Gasteiger partial charge on any atom is -0.370 e. The Morgan fingerprint density at radius 2 is 2.17 bits per heavy atom. The predicted molar refractivity (Wildman–Crippen MR) is 51.6 cm³/mol. The van der Waals surface area contributed by atoms with Gasteiger partial charge in [0.1, 0.15) is 0 Å². The smallest absolute Gasteiger partial charge is 0.191 e. The first-order chi connectivity index (χ1) is 5.74. The van der Waals surface area contributed by atoms with E-state index in [-0.39, 0.29) is 0 Å². The van der Waals surface area contributed by atoms with E-state index in [1.807, 2.05) is 11.8 Å². The number of nitrogens with zero attached hydrogens (tertiary/aromatic N) is 2. The fourth-order valence-corrected chi connectivity index (χ4v) is 2.18. The highest BCUT2D eigenvalue weighted by molar-refractivity contribution is 7.85. The van der Waals surface area contributed by atoms with Crippen molar-refractivity contribution in [3.8, 4) is 0 Å². The Bertz CT molecular complexity index is 195. The van der Waals surface area contributed by atoms with Crippen molar-refractivity contribution in [2.75, 3.05) is 31.1 Å².